The fourth-order valence-corrected chi connectivity index (χ4v) is 7.40. The van der Waals surface area contributed by atoms with Crippen LogP contribution in [-0.2, 0) is 17.6 Å². The van der Waals surface area contributed by atoms with Crippen molar-refractivity contribution in [2.45, 2.75) is 110 Å². The molecule has 2 fully saturated rings. The Hall–Kier alpha value is -2.89. The van der Waals surface area contributed by atoms with E-state index >= 15 is 0 Å². The predicted octanol–water partition coefficient (Wildman–Crippen LogP) is 8.18. The van der Waals surface area contributed by atoms with Crippen molar-refractivity contribution in [3.8, 4) is 17.2 Å². The lowest BCUT2D eigenvalue weighted by Gasteiger charge is -2.29. The van der Waals surface area contributed by atoms with Gasteiger partial charge in [0, 0.05) is 17.5 Å². The number of nitrogens with two attached hydrogens (primary N) is 3. The van der Waals surface area contributed by atoms with Gasteiger partial charge in [0.25, 0.3) is 0 Å². The van der Waals surface area contributed by atoms with Crippen LogP contribution in [0.5, 0.6) is 17.2 Å². The van der Waals surface area contributed by atoms with Gasteiger partial charge in [0.1, 0.15) is 11.4 Å². The third-order valence-electron chi connectivity index (χ3n) is 9.92. The molecular formula is C34H49N3O3. The summed E-state index contributed by atoms with van der Waals surface area (Å²) in [5, 5.41) is 0. The number of hydrogen-bond donors (Lipinski definition) is 3. The molecule has 6 heteroatoms. The van der Waals surface area contributed by atoms with Gasteiger partial charge in [-0.15, -0.1) is 0 Å². The van der Waals surface area contributed by atoms with Crippen LogP contribution < -0.4 is 26.7 Å². The molecule has 218 valence electrons. The van der Waals surface area contributed by atoms with Gasteiger partial charge >= 0.3 is 5.97 Å². The predicted molar refractivity (Wildman–Crippen MR) is 164 cm³/mol. The molecule has 0 bridgehead atoms. The van der Waals surface area contributed by atoms with Crippen molar-refractivity contribution in [1.29, 1.82) is 0 Å². The van der Waals surface area contributed by atoms with Gasteiger partial charge in [-0.3, -0.25) is 4.79 Å². The lowest BCUT2D eigenvalue weighted by molar-refractivity contribution is -0.140. The van der Waals surface area contributed by atoms with Gasteiger partial charge in [0.15, 0.2) is 17.2 Å². The van der Waals surface area contributed by atoms with Crippen molar-refractivity contribution in [2.75, 3.05) is 17.2 Å². The zero-order valence-corrected chi connectivity index (χ0v) is 24.6. The van der Waals surface area contributed by atoms with Gasteiger partial charge in [-0.05, 0) is 67.9 Å². The zero-order valence-electron chi connectivity index (χ0n) is 24.6. The first-order chi connectivity index (χ1) is 19.4. The van der Waals surface area contributed by atoms with E-state index in [4.69, 9.17) is 26.7 Å². The first-order valence-electron chi connectivity index (χ1n) is 15.9. The standard InChI is InChI=1S/C34H49N3O3/c1-3-5-21-7-9-23(10-8-21)11-14-24-17-18-26-19-27-20-28(30(36)31(37)33(27)40-32(26)29(24)35)39-34(38)25-15-12-22(6-4-2)13-16-25/h17-18,20-23,25H,3-16,19,35-37H2,1-2H3. The van der Waals surface area contributed by atoms with Crippen LogP contribution >= 0.6 is 0 Å². The Morgan fingerprint density at radius 2 is 1.35 bits per heavy atom. The molecule has 0 aromatic heterocycles. The maximum Gasteiger partial charge on any atom is 0.314 e. The van der Waals surface area contributed by atoms with Gasteiger partial charge in [-0.25, -0.2) is 0 Å². The Kier molecular flexibility index (Phi) is 9.12. The Morgan fingerprint density at radius 3 is 1.98 bits per heavy atom. The lowest BCUT2D eigenvalue weighted by atomic mass is 9.78. The molecule has 1 aliphatic heterocycles. The number of esters is 1. The fourth-order valence-electron chi connectivity index (χ4n) is 7.40. The summed E-state index contributed by atoms with van der Waals surface area (Å²) in [7, 11) is 0. The number of fused-ring (bicyclic) bond motifs is 2. The second kappa shape index (κ2) is 12.7. The van der Waals surface area contributed by atoms with E-state index in [-0.39, 0.29) is 17.6 Å². The number of ether oxygens (including phenoxy) is 2. The number of carbonyl (C=O) groups is 1. The number of nitrogen functional groups attached to an aromatic ring is 3. The smallest absolute Gasteiger partial charge is 0.314 e. The minimum atomic E-state index is -0.203. The highest BCUT2D eigenvalue weighted by molar-refractivity contribution is 5.85. The summed E-state index contributed by atoms with van der Waals surface area (Å²) < 4.78 is 12.2. The summed E-state index contributed by atoms with van der Waals surface area (Å²) in [4.78, 5) is 13.0. The van der Waals surface area contributed by atoms with Crippen LogP contribution in [0.15, 0.2) is 18.2 Å². The monoisotopic (exact) mass is 547 g/mol. The van der Waals surface area contributed by atoms with E-state index in [1.807, 2.05) is 6.07 Å². The molecule has 2 aliphatic carbocycles. The first kappa shape index (κ1) is 28.6. The quantitative estimate of drug-likeness (QED) is 0.141. The lowest BCUT2D eigenvalue weighted by Crippen LogP contribution is -2.26. The molecule has 0 unspecified atom stereocenters. The SMILES string of the molecule is CCCC1CCC(CCc2ccc3c(c2N)Oc2c(cc(OC(=O)C4CCC(CCC)CC4)c(N)c2N)C3)CC1. The number of rotatable bonds is 9. The van der Waals surface area contributed by atoms with Crippen molar-refractivity contribution in [3.05, 3.63) is 34.9 Å². The number of hydrogen-bond acceptors (Lipinski definition) is 6. The van der Waals surface area contributed by atoms with E-state index in [1.54, 1.807) is 0 Å². The maximum atomic E-state index is 13.0. The second-order valence-corrected chi connectivity index (χ2v) is 12.7. The number of anilines is 3. The van der Waals surface area contributed by atoms with Crippen molar-refractivity contribution in [1.82, 2.24) is 0 Å². The average Bonchev–Trinajstić information content (AvgIpc) is 2.96. The largest absolute Gasteiger partial charge is 0.452 e. The van der Waals surface area contributed by atoms with Crippen molar-refractivity contribution in [2.24, 2.45) is 23.7 Å². The molecule has 1 heterocycles. The minimum Gasteiger partial charge on any atom is -0.452 e. The Bertz CT molecular complexity index is 1190. The van der Waals surface area contributed by atoms with Crippen molar-refractivity contribution >= 4 is 23.0 Å². The van der Waals surface area contributed by atoms with E-state index < -0.39 is 0 Å². The van der Waals surface area contributed by atoms with Crippen LogP contribution in [0.2, 0.25) is 0 Å². The van der Waals surface area contributed by atoms with Gasteiger partial charge in [0.2, 0.25) is 0 Å². The normalized spacial score (nSPS) is 24.1. The Balaban J connectivity index is 1.24. The second-order valence-electron chi connectivity index (χ2n) is 12.7. The third-order valence-corrected chi connectivity index (χ3v) is 9.92. The molecule has 0 saturated heterocycles. The fraction of sp³-hybridized carbons (Fsp3) is 0.618. The molecule has 5 rings (SSSR count). The first-order valence-corrected chi connectivity index (χ1v) is 15.9. The van der Waals surface area contributed by atoms with Crippen LogP contribution in [0.1, 0.15) is 114 Å². The number of carbonyl (C=O) groups excluding carboxylic acids is 1. The molecule has 2 aromatic rings. The molecule has 6 N–H and O–H groups in total. The molecule has 6 nitrogen and oxygen atoms in total. The molecule has 0 spiro atoms. The summed E-state index contributed by atoms with van der Waals surface area (Å²) in [6.45, 7) is 4.51. The highest BCUT2D eigenvalue weighted by Gasteiger charge is 2.30. The minimum absolute atomic E-state index is 0.0775. The van der Waals surface area contributed by atoms with Gasteiger partial charge in [-0.2, -0.15) is 0 Å². The third kappa shape index (κ3) is 6.21. The van der Waals surface area contributed by atoms with E-state index in [1.165, 1.54) is 57.8 Å². The van der Waals surface area contributed by atoms with E-state index in [0.29, 0.717) is 35.0 Å². The van der Waals surface area contributed by atoms with Crippen LogP contribution in [-0.4, -0.2) is 5.97 Å². The highest BCUT2D eigenvalue weighted by atomic mass is 16.5. The zero-order chi connectivity index (χ0) is 28.2. The summed E-state index contributed by atoms with van der Waals surface area (Å²) in [6, 6.07) is 6.10. The Labute approximate surface area is 240 Å². The summed E-state index contributed by atoms with van der Waals surface area (Å²) in [5.41, 5.74) is 23.8. The summed E-state index contributed by atoms with van der Waals surface area (Å²) >= 11 is 0. The summed E-state index contributed by atoms with van der Waals surface area (Å²) in [5.74, 6) is 3.72. The van der Waals surface area contributed by atoms with E-state index in [9.17, 15) is 4.79 Å². The van der Waals surface area contributed by atoms with Crippen molar-refractivity contribution in [3.63, 3.8) is 0 Å². The summed E-state index contributed by atoms with van der Waals surface area (Å²) in [6.07, 6.45) is 17.2. The van der Waals surface area contributed by atoms with E-state index in [0.717, 1.165) is 66.5 Å². The van der Waals surface area contributed by atoms with Crippen LogP contribution in [0.4, 0.5) is 17.1 Å². The molecule has 0 radical (unpaired) electrons. The van der Waals surface area contributed by atoms with Gasteiger partial charge in [0.05, 0.1) is 11.6 Å². The topological polar surface area (TPSA) is 114 Å². The molecular weight excluding hydrogens is 498 g/mol. The van der Waals surface area contributed by atoms with Crippen LogP contribution in [0.25, 0.3) is 0 Å². The van der Waals surface area contributed by atoms with Crippen molar-refractivity contribution < 1.29 is 14.3 Å². The van der Waals surface area contributed by atoms with Gasteiger partial charge < -0.3 is 26.7 Å². The molecule has 3 aliphatic rings. The molecule has 40 heavy (non-hydrogen) atoms. The highest BCUT2D eigenvalue weighted by Crippen LogP contribution is 2.49. The molecule has 2 saturated carbocycles. The molecule has 0 atom stereocenters. The Morgan fingerprint density at radius 1 is 0.775 bits per heavy atom. The molecule has 0 amide bonds. The molecule has 2 aromatic carbocycles. The van der Waals surface area contributed by atoms with Crippen LogP contribution in [0, 0.1) is 23.7 Å². The van der Waals surface area contributed by atoms with Gasteiger partial charge in [-0.1, -0.05) is 77.3 Å². The maximum absolute atomic E-state index is 13.0. The number of benzene rings is 2. The van der Waals surface area contributed by atoms with E-state index in [2.05, 4.69) is 26.0 Å². The number of aryl methyl sites for hydroxylation is 1. The van der Waals surface area contributed by atoms with Crippen LogP contribution in [0.3, 0.4) is 0 Å². The average molecular weight is 548 g/mol.